The lowest BCUT2D eigenvalue weighted by Crippen LogP contribution is -2.39. The second-order valence-corrected chi connectivity index (χ2v) is 10.8. The molecule has 38 heavy (non-hydrogen) atoms. The molecule has 1 aliphatic heterocycles. The number of amides is 3. The first kappa shape index (κ1) is 27.2. The maximum Gasteiger partial charge on any atom is 0.408 e. The van der Waals surface area contributed by atoms with Crippen molar-refractivity contribution in [2.45, 2.75) is 32.9 Å². The Bertz CT molecular complexity index is 1470. The molecule has 9 nitrogen and oxygen atoms in total. The van der Waals surface area contributed by atoms with Gasteiger partial charge in [-0.2, -0.15) is 0 Å². The summed E-state index contributed by atoms with van der Waals surface area (Å²) in [5.74, 6) is -0.631. The summed E-state index contributed by atoms with van der Waals surface area (Å²) < 4.78 is 5.11. The van der Waals surface area contributed by atoms with Crippen LogP contribution in [0.15, 0.2) is 64.6 Å². The predicted octanol–water partition coefficient (Wildman–Crippen LogP) is 4.92. The first-order chi connectivity index (χ1) is 18.1. The molecule has 2 heterocycles. The van der Waals surface area contributed by atoms with Gasteiger partial charge in [0.1, 0.15) is 12.1 Å². The quantitative estimate of drug-likeness (QED) is 0.374. The lowest BCUT2D eigenvalue weighted by molar-refractivity contribution is -0.120. The number of thioether (sulfide) groups is 1. The lowest BCUT2D eigenvalue weighted by Gasteiger charge is -2.19. The Balaban J connectivity index is 1.38. The third kappa shape index (κ3) is 7.56. The zero-order valence-corrected chi connectivity index (χ0v) is 22.6. The summed E-state index contributed by atoms with van der Waals surface area (Å²) in [5.41, 5.74) is 2.30. The summed E-state index contributed by atoms with van der Waals surface area (Å²) in [6.07, 6.45) is 2.87. The number of hydrogen-bond acceptors (Lipinski definition) is 7. The highest BCUT2D eigenvalue weighted by Gasteiger charge is 2.24. The summed E-state index contributed by atoms with van der Waals surface area (Å²) in [7, 11) is 0. The van der Waals surface area contributed by atoms with Crippen LogP contribution in [0.4, 0.5) is 10.5 Å². The molecule has 3 aromatic rings. The normalized spacial score (nSPS) is 15.5. The minimum atomic E-state index is -0.667. The second kappa shape index (κ2) is 11.7. The van der Waals surface area contributed by atoms with E-state index < -0.39 is 11.7 Å². The van der Waals surface area contributed by atoms with Crippen LogP contribution < -0.4 is 16.0 Å². The maximum absolute atomic E-state index is 12.5. The molecule has 0 saturated carbocycles. The van der Waals surface area contributed by atoms with E-state index in [-0.39, 0.29) is 24.9 Å². The minimum absolute atomic E-state index is 0.200. The van der Waals surface area contributed by atoms with Crippen molar-refractivity contribution in [1.29, 1.82) is 0 Å². The van der Waals surface area contributed by atoms with E-state index in [0.29, 0.717) is 20.8 Å². The van der Waals surface area contributed by atoms with E-state index in [4.69, 9.17) is 16.3 Å². The minimum Gasteiger partial charge on any atom is -0.444 e. The van der Waals surface area contributed by atoms with Crippen molar-refractivity contribution in [3.05, 3.63) is 75.8 Å². The molecule has 0 unspecified atom stereocenters. The number of benzene rings is 2. The van der Waals surface area contributed by atoms with Crippen molar-refractivity contribution in [1.82, 2.24) is 20.9 Å². The van der Waals surface area contributed by atoms with E-state index in [1.807, 2.05) is 30.3 Å². The number of aliphatic imine (C=N–C) groups is 1. The van der Waals surface area contributed by atoms with E-state index >= 15 is 0 Å². The van der Waals surface area contributed by atoms with Crippen LogP contribution in [0.25, 0.3) is 17.0 Å². The van der Waals surface area contributed by atoms with Gasteiger partial charge in [-0.15, -0.1) is 0 Å². The van der Waals surface area contributed by atoms with Gasteiger partial charge in [0.15, 0.2) is 5.17 Å². The molecule has 3 amide bonds. The van der Waals surface area contributed by atoms with Crippen LogP contribution in [0.3, 0.4) is 0 Å². The number of nitrogens with one attached hydrogen (secondary N) is 3. The van der Waals surface area contributed by atoms with Gasteiger partial charge in [0.2, 0.25) is 5.91 Å². The van der Waals surface area contributed by atoms with Gasteiger partial charge >= 0.3 is 6.09 Å². The van der Waals surface area contributed by atoms with E-state index in [9.17, 15) is 14.4 Å². The van der Waals surface area contributed by atoms with Gasteiger partial charge in [-0.3, -0.25) is 14.6 Å². The largest absolute Gasteiger partial charge is 0.444 e. The average Bonchev–Trinajstić information content (AvgIpc) is 3.20. The van der Waals surface area contributed by atoms with Gasteiger partial charge in [-0.1, -0.05) is 29.8 Å². The van der Waals surface area contributed by atoms with Gasteiger partial charge in [0.25, 0.3) is 5.91 Å². The molecule has 1 fully saturated rings. The number of pyridine rings is 1. The zero-order valence-electron chi connectivity index (χ0n) is 21.0. The number of carbonyl (C=O) groups excluding carboxylic acids is 3. The Labute approximate surface area is 229 Å². The number of aromatic nitrogens is 1. The molecule has 0 bridgehead atoms. The van der Waals surface area contributed by atoms with E-state index in [1.54, 1.807) is 51.2 Å². The van der Waals surface area contributed by atoms with Crippen LogP contribution in [-0.2, 0) is 20.9 Å². The number of hydrogen-bond donors (Lipinski definition) is 3. The van der Waals surface area contributed by atoms with Crippen LogP contribution >= 0.6 is 23.4 Å². The molecule has 1 saturated heterocycles. The summed E-state index contributed by atoms with van der Waals surface area (Å²) in [6.45, 7) is 5.20. The van der Waals surface area contributed by atoms with Crippen molar-refractivity contribution in [3.63, 3.8) is 0 Å². The summed E-state index contributed by atoms with van der Waals surface area (Å²) in [6, 6.07) is 14.8. The molecule has 1 aromatic heterocycles. The molecule has 0 radical (unpaired) electrons. The first-order valence-corrected chi connectivity index (χ1v) is 12.9. The highest BCUT2D eigenvalue weighted by molar-refractivity contribution is 8.18. The fourth-order valence-electron chi connectivity index (χ4n) is 3.41. The highest BCUT2D eigenvalue weighted by atomic mass is 35.5. The van der Waals surface area contributed by atoms with Crippen LogP contribution in [0.5, 0.6) is 0 Å². The van der Waals surface area contributed by atoms with Gasteiger partial charge in [0, 0.05) is 18.1 Å². The second-order valence-electron chi connectivity index (χ2n) is 9.36. The number of alkyl carbamates (subject to hydrolysis) is 1. The Morgan fingerprint density at radius 3 is 2.76 bits per heavy atom. The average molecular weight is 552 g/mol. The number of fused-ring (bicyclic) bond motifs is 1. The molecule has 0 atom stereocenters. The Morgan fingerprint density at radius 2 is 1.97 bits per heavy atom. The molecular formula is C27H26ClN5O4S. The van der Waals surface area contributed by atoms with Crippen LogP contribution in [0.1, 0.15) is 31.9 Å². The fraction of sp³-hybridized carbons (Fsp3) is 0.222. The number of amidine groups is 1. The number of ether oxygens (including phenoxy) is 1. The zero-order chi connectivity index (χ0) is 27.3. The highest BCUT2D eigenvalue weighted by Crippen LogP contribution is 2.32. The monoisotopic (exact) mass is 551 g/mol. The summed E-state index contributed by atoms with van der Waals surface area (Å²) >= 11 is 7.55. The molecule has 2 aromatic carbocycles. The Morgan fingerprint density at radius 1 is 1.16 bits per heavy atom. The Kier molecular flexibility index (Phi) is 8.33. The van der Waals surface area contributed by atoms with Crippen molar-refractivity contribution in [3.8, 4) is 0 Å². The van der Waals surface area contributed by atoms with Gasteiger partial charge in [-0.05, 0) is 80.1 Å². The molecule has 196 valence electrons. The van der Waals surface area contributed by atoms with Crippen LogP contribution in [0, 0.1) is 0 Å². The third-order valence-electron chi connectivity index (χ3n) is 5.09. The van der Waals surface area contributed by atoms with Crippen molar-refractivity contribution < 1.29 is 19.1 Å². The standard InChI is InChI=1S/C27H26ClN5O4S/c1-27(2,3)37-26(36)31-15-23(34)30-14-17-6-8-19(28)21(12-17)32-25-33-24(35)22(38-25)13-16-7-9-20-18(11-16)5-4-10-29-20/h4-13H,14-15H2,1-3H3,(H,30,34)(H,31,36)(H,32,33,35)/b22-13-. The van der Waals surface area contributed by atoms with Gasteiger partial charge in [-0.25, -0.2) is 9.79 Å². The molecule has 4 rings (SSSR count). The van der Waals surface area contributed by atoms with E-state index in [2.05, 4.69) is 25.9 Å². The topological polar surface area (TPSA) is 122 Å². The summed E-state index contributed by atoms with van der Waals surface area (Å²) in [4.78, 5) is 45.7. The van der Waals surface area contributed by atoms with Crippen LogP contribution in [-0.4, -0.2) is 40.2 Å². The SMILES string of the molecule is CC(C)(C)OC(=O)NCC(=O)NCc1ccc(Cl)c(N=C2NC(=O)/C(=C/c3ccc4ncccc4c3)S2)c1. The third-order valence-corrected chi connectivity index (χ3v) is 6.32. The number of halogens is 1. The molecular weight excluding hydrogens is 526 g/mol. The molecule has 1 aliphatic rings. The van der Waals surface area contributed by atoms with Gasteiger partial charge < -0.3 is 20.7 Å². The van der Waals surface area contributed by atoms with Crippen LogP contribution in [0.2, 0.25) is 5.02 Å². The van der Waals surface area contributed by atoms with Crippen molar-refractivity contribution in [2.75, 3.05) is 6.54 Å². The van der Waals surface area contributed by atoms with E-state index in [1.165, 1.54) is 11.8 Å². The number of carbonyl (C=O) groups is 3. The first-order valence-electron chi connectivity index (χ1n) is 11.7. The van der Waals surface area contributed by atoms with Crippen molar-refractivity contribution >= 4 is 69.1 Å². The summed E-state index contributed by atoms with van der Waals surface area (Å²) in [5, 5.41) is 9.67. The smallest absolute Gasteiger partial charge is 0.408 e. The molecule has 0 aliphatic carbocycles. The number of rotatable bonds is 6. The molecule has 0 spiro atoms. The maximum atomic E-state index is 12.5. The van der Waals surface area contributed by atoms with E-state index in [0.717, 1.165) is 22.0 Å². The van der Waals surface area contributed by atoms with Gasteiger partial charge in [0.05, 0.1) is 21.1 Å². The number of nitrogens with zero attached hydrogens (tertiary/aromatic N) is 2. The lowest BCUT2D eigenvalue weighted by atomic mass is 10.1. The van der Waals surface area contributed by atoms with Crippen molar-refractivity contribution in [2.24, 2.45) is 4.99 Å². The fourth-order valence-corrected chi connectivity index (χ4v) is 4.40. The predicted molar refractivity (Wildman–Crippen MR) is 150 cm³/mol. The molecule has 3 N–H and O–H groups in total. The molecule has 11 heteroatoms. The Hall–Kier alpha value is -3.89.